The predicted octanol–water partition coefficient (Wildman–Crippen LogP) is 3.39. The molecule has 0 aliphatic rings. The van der Waals surface area contributed by atoms with E-state index in [0.29, 0.717) is 6.42 Å². The van der Waals surface area contributed by atoms with Gasteiger partial charge in [0.15, 0.2) is 0 Å². The molecule has 0 aromatic heterocycles. The summed E-state index contributed by atoms with van der Waals surface area (Å²) >= 11 is 0. The summed E-state index contributed by atoms with van der Waals surface area (Å²) in [5.41, 5.74) is 8.99. The second-order valence-corrected chi connectivity index (χ2v) is 4.88. The van der Waals surface area contributed by atoms with Crippen molar-refractivity contribution < 1.29 is 4.79 Å². The molecule has 1 amide bonds. The van der Waals surface area contributed by atoms with Crippen molar-refractivity contribution in [2.45, 2.75) is 25.7 Å². The third-order valence-electron chi connectivity index (χ3n) is 3.36. The average molecular weight is 253 g/mol. The molecule has 0 aliphatic heterocycles. The van der Waals surface area contributed by atoms with Crippen LogP contribution < -0.4 is 5.73 Å². The second kappa shape index (κ2) is 6.19. The number of rotatable bonds is 5. The minimum Gasteiger partial charge on any atom is -0.370 e. The maximum absolute atomic E-state index is 11.0. The molecule has 98 valence electrons. The van der Waals surface area contributed by atoms with E-state index in [4.69, 9.17) is 5.73 Å². The van der Waals surface area contributed by atoms with E-state index in [1.54, 1.807) is 0 Å². The van der Waals surface area contributed by atoms with Gasteiger partial charge in [0.05, 0.1) is 0 Å². The van der Waals surface area contributed by atoms with Gasteiger partial charge in [-0.15, -0.1) is 0 Å². The molecule has 0 fully saturated rings. The highest BCUT2D eigenvalue weighted by Crippen LogP contribution is 2.29. The van der Waals surface area contributed by atoms with E-state index in [0.717, 1.165) is 6.42 Å². The Bertz CT molecular complexity index is 531. The Morgan fingerprint density at radius 2 is 1.58 bits per heavy atom. The summed E-state index contributed by atoms with van der Waals surface area (Å²) in [5, 5.41) is 0. The fourth-order valence-electron chi connectivity index (χ4n) is 2.30. The molecular weight excluding hydrogens is 234 g/mol. The van der Waals surface area contributed by atoms with Gasteiger partial charge in [0.2, 0.25) is 5.91 Å². The first-order valence-electron chi connectivity index (χ1n) is 6.56. The zero-order valence-corrected chi connectivity index (χ0v) is 11.2. The largest absolute Gasteiger partial charge is 0.370 e. The number of hydrogen-bond acceptors (Lipinski definition) is 1. The maximum Gasteiger partial charge on any atom is 0.217 e. The number of carbonyl (C=O) groups is 1. The van der Waals surface area contributed by atoms with Crippen molar-refractivity contribution in [1.29, 1.82) is 0 Å². The fourth-order valence-corrected chi connectivity index (χ4v) is 2.30. The van der Waals surface area contributed by atoms with E-state index < -0.39 is 0 Å². The van der Waals surface area contributed by atoms with E-state index in [9.17, 15) is 4.79 Å². The monoisotopic (exact) mass is 253 g/mol. The van der Waals surface area contributed by atoms with Gasteiger partial charge >= 0.3 is 0 Å². The lowest BCUT2D eigenvalue weighted by atomic mass is 9.87. The van der Waals surface area contributed by atoms with Crippen LogP contribution >= 0.6 is 0 Å². The highest BCUT2D eigenvalue weighted by molar-refractivity contribution is 5.73. The quantitative estimate of drug-likeness (QED) is 0.872. The van der Waals surface area contributed by atoms with E-state index in [-0.39, 0.29) is 11.8 Å². The number of nitrogens with two attached hydrogens (primary N) is 1. The van der Waals surface area contributed by atoms with Crippen molar-refractivity contribution in [1.82, 2.24) is 0 Å². The van der Waals surface area contributed by atoms with E-state index in [2.05, 4.69) is 43.3 Å². The zero-order valence-electron chi connectivity index (χ0n) is 11.2. The Hall–Kier alpha value is -2.09. The third kappa shape index (κ3) is 3.68. The van der Waals surface area contributed by atoms with Crippen molar-refractivity contribution in [2.24, 2.45) is 5.73 Å². The molecule has 0 heterocycles. The predicted molar refractivity (Wildman–Crippen MR) is 77.9 cm³/mol. The van der Waals surface area contributed by atoms with Crippen LogP contribution in [-0.4, -0.2) is 5.91 Å². The minimum absolute atomic E-state index is 0.231. The first kappa shape index (κ1) is 13.3. The molecule has 2 nitrogen and oxygen atoms in total. The van der Waals surface area contributed by atoms with Crippen LogP contribution in [0.2, 0.25) is 0 Å². The molecular formula is C17H19NO. The molecule has 0 saturated carbocycles. The van der Waals surface area contributed by atoms with Gasteiger partial charge in [-0.3, -0.25) is 4.79 Å². The summed E-state index contributed by atoms with van der Waals surface area (Å²) in [5.74, 6) is -0.0117. The molecule has 0 aliphatic carbocycles. The normalized spacial score (nSPS) is 12.1. The topological polar surface area (TPSA) is 43.1 Å². The van der Waals surface area contributed by atoms with Gasteiger partial charge in [-0.1, -0.05) is 60.2 Å². The van der Waals surface area contributed by atoms with Crippen LogP contribution in [0.15, 0.2) is 54.6 Å². The molecule has 2 aromatic carbocycles. The molecule has 2 N–H and O–H groups in total. The van der Waals surface area contributed by atoms with Crippen molar-refractivity contribution in [2.75, 3.05) is 0 Å². The summed E-state index contributed by atoms with van der Waals surface area (Å²) in [7, 11) is 0. The summed E-state index contributed by atoms with van der Waals surface area (Å²) in [6.45, 7) is 2.07. The van der Waals surface area contributed by atoms with Gasteiger partial charge in [-0.25, -0.2) is 0 Å². The summed E-state index contributed by atoms with van der Waals surface area (Å²) in [6, 6.07) is 18.7. The Kier molecular flexibility index (Phi) is 4.35. The number of primary amides is 1. The van der Waals surface area contributed by atoms with Crippen LogP contribution in [0.3, 0.4) is 0 Å². The van der Waals surface area contributed by atoms with Gasteiger partial charge < -0.3 is 5.73 Å². The average Bonchev–Trinajstić information content (AvgIpc) is 2.42. The van der Waals surface area contributed by atoms with Gasteiger partial charge in [-0.2, -0.15) is 0 Å². The lowest BCUT2D eigenvalue weighted by molar-refractivity contribution is -0.118. The van der Waals surface area contributed by atoms with Crippen LogP contribution in [0.4, 0.5) is 0 Å². The van der Waals surface area contributed by atoms with Crippen molar-refractivity contribution in [3.8, 4) is 0 Å². The van der Waals surface area contributed by atoms with Crippen LogP contribution in [-0.2, 0) is 4.79 Å². The van der Waals surface area contributed by atoms with Crippen molar-refractivity contribution in [3.63, 3.8) is 0 Å². The Morgan fingerprint density at radius 3 is 2.16 bits per heavy atom. The summed E-state index contributed by atoms with van der Waals surface area (Å²) < 4.78 is 0. The fraction of sp³-hybridized carbons (Fsp3) is 0.235. The highest BCUT2D eigenvalue weighted by atomic mass is 16.1. The molecule has 1 atom stereocenters. The first-order valence-corrected chi connectivity index (χ1v) is 6.56. The first-order chi connectivity index (χ1) is 9.16. The standard InChI is InChI=1S/C17H19NO/c1-13-7-9-15(10-8-13)16(11-12-17(18)19)14-5-3-2-4-6-14/h2-10,16H,11-12H2,1H3,(H2,18,19). The lowest BCUT2D eigenvalue weighted by Gasteiger charge is -2.17. The molecule has 0 bridgehead atoms. The lowest BCUT2D eigenvalue weighted by Crippen LogP contribution is -2.12. The summed E-state index contributed by atoms with van der Waals surface area (Å²) in [4.78, 5) is 11.0. The molecule has 0 saturated heterocycles. The van der Waals surface area contributed by atoms with Gasteiger partial charge in [0.25, 0.3) is 0 Å². The smallest absolute Gasteiger partial charge is 0.217 e. The van der Waals surface area contributed by atoms with E-state index >= 15 is 0 Å². The second-order valence-electron chi connectivity index (χ2n) is 4.88. The van der Waals surface area contributed by atoms with Gasteiger partial charge in [-0.05, 0) is 24.5 Å². The van der Waals surface area contributed by atoms with Crippen molar-refractivity contribution in [3.05, 3.63) is 71.3 Å². The minimum atomic E-state index is -0.243. The molecule has 1 unspecified atom stereocenters. The number of benzene rings is 2. The summed E-state index contributed by atoms with van der Waals surface area (Å²) in [6.07, 6.45) is 1.16. The molecule has 2 aromatic rings. The number of amides is 1. The number of aryl methyl sites for hydroxylation is 1. The molecule has 19 heavy (non-hydrogen) atoms. The molecule has 0 spiro atoms. The molecule has 0 radical (unpaired) electrons. The van der Waals surface area contributed by atoms with Crippen LogP contribution in [0.1, 0.15) is 35.4 Å². The third-order valence-corrected chi connectivity index (χ3v) is 3.36. The highest BCUT2D eigenvalue weighted by Gasteiger charge is 2.14. The Balaban J connectivity index is 2.28. The van der Waals surface area contributed by atoms with Crippen LogP contribution in [0.25, 0.3) is 0 Å². The number of hydrogen-bond donors (Lipinski definition) is 1. The van der Waals surface area contributed by atoms with Gasteiger partial charge in [0.1, 0.15) is 0 Å². The number of carbonyl (C=O) groups excluding carboxylic acids is 1. The Morgan fingerprint density at radius 1 is 1.00 bits per heavy atom. The van der Waals surface area contributed by atoms with Crippen molar-refractivity contribution >= 4 is 5.91 Å². The van der Waals surface area contributed by atoms with E-state index in [1.165, 1.54) is 16.7 Å². The van der Waals surface area contributed by atoms with Crippen LogP contribution in [0, 0.1) is 6.92 Å². The maximum atomic E-state index is 11.0. The zero-order chi connectivity index (χ0) is 13.7. The van der Waals surface area contributed by atoms with Gasteiger partial charge in [0, 0.05) is 12.3 Å². The molecule has 2 heteroatoms. The van der Waals surface area contributed by atoms with Crippen LogP contribution in [0.5, 0.6) is 0 Å². The Labute approximate surface area is 114 Å². The van der Waals surface area contributed by atoms with E-state index in [1.807, 2.05) is 18.2 Å². The molecule has 2 rings (SSSR count). The SMILES string of the molecule is Cc1ccc(C(CCC(N)=O)c2ccccc2)cc1.